The van der Waals surface area contributed by atoms with E-state index in [1.54, 1.807) is 14.0 Å². The van der Waals surface area contributed by atoms with Gasteiger partial charge in [0.25, 0.3) is 0 Å². The predicted molar refractivity (Wildman–Crippen MR) is 43.2 cm³/mol. The first-order valence-corrected chi connectivity index (χ1v) is 3.54. The molecule has 1 heterocycles. The molecule has 1 aromatic heterocycles. The van der Waals surface area contributed by atoms with E-state index in [4.69, 9.17) is 5.73 Å². The number of nitrogens with zero attached hydrogens (tertiary/aromatic N) is 3. The van der Waals surface area contributed by atoms with Crippen molar-refractivity contribution >= 4 is 11.7 Å². The third kappa shape index (κ3) is 1.52. The summed E-state index contributed by atoms with van der Waals surface area (Å²) in [7, 11) is 1.57. The fourth-order valence-electron chi connectivity index (χ4n) is 0.809. The average molecular weight is 169 g/mol. The molecule has 1 atom stereocenters. The first kappa shape index (κ1) is 8.51. The Balaban J connectivity index is 2.77. The number of nitrogens with one attached hydrogen (secondary N) is 1. The maximum Gasteiger partial charge on any atom is 0.244 e. The molecule has 0 aromatic carbocycles. The fourth-order valence-corrected chi connectivity index (χ4v) is 0.809. The molecule has 0 fully saturated rings. The van der Waals surface area contributed by atoms with Crippen LogP contribution in [0.3, 0.4) is 0 Å². The van der Waals surface area contributed by atoms with Crippen LogP contribution in [0.2, 0.25) is 0 Å². The van der Waals surface area contributed by atoms with Gasteiger partial charge in [-0.3, -0.25) is 4.79 Å². The smallest absolute Gasteiger partial charge is 0.244 e. The monoisotopic (exact) mass is 169 g/mol. The summed E-state index contributed by atoms with van der Waals surface area (Å²) in [6, 6.07) is -0.375. The van der Waals surface area contributed by atoms with Crippen molar-refractivity contribution in [1.82, 2.24) is 20.3 Å². The van der Waals surface area contributed by atoms with E-state index in [2.05, 4.69) is 15.6 Å². The molecule has 0 aliphatic carbocycles. The van der Waals surface area contributed by atoms with Gasteiger partial charge in [-0.05, 0) is 6.92 Å². The number of rotatable bonds is 2. The van der Waals surface area contributed by atoms with Crippen molar-refractivity contribution in [3.8, 4) is 0 Å². The van der Waals surface area contributed by atoms with Crippen LogP contribution in [0.4, 0.5) is 5.82 Å². The van der Waals surface area contributed by atoms with Gasteiger partial charge >= 0.3 is 0 Å². The lowest BCUT2D eigenvalue weighted by Crippen LogP contribution is -2.28. The Labute approximate surface area is 69.7 Å². The molecule has 0 spiro atoms. The molecule has 0 radical (unpaired) electrons. The number of hydrogen-bond acceptors (Lipinski definition) is 4. The molecule has 3 N–H and O–H groups in total. The largest absolute Gasteiger partial charge is 0.381 e. The lowest BCUT2D eigenvalue weighted by Gasteiger charge is -2.07. The molecule has 0 bridgehead atoms. The Morgan fingerprint density at radius 1 is 1.83 bits per heavy atom. The van der Waals surface area contributed by atoms with E-state index in [1.807, 2.05) is 0 Å². The molecule has 0 saturated heterocycles. The van der Waals surface area contributed by atoms with Gasteiger partial charge in [0, 0.05) is 7.05 Å². The van der Waals surface area contributed by atoms with Gasteiger partial charge < -0.3 is 11.1 Å². The number of amides is 1. The number of nitrogens with two attached hydrogens (primary N) is 1. The van der Waals surface area contributed by atoms with Crippen LogP contribution in [-0.4, -0.2) is 27.9 Å². The molecule has 0 saturated carbocycles. The van der Waals surface area contributed by atoms with Crippen LogP contribution < -0.4 is 11.1 Å². The second-order valence-corrected chi connectivity index (χ2v) is 2.41. The van der Waals surface area contributed by atoms with E-state index < -0.39 is 0 Å². The molecular weight excluding hydrogens is 158 g/mol. The minimum atomic E-state index is -0.375. The van der Waals surface area contributed by atoms with Crippen LogP contribution in [-0.2, 0) is 4.79 Å². The summed E-state index contributed by atoms with van der Waals surface area (Å²) in [4.78, 5) is 11.1. The average Bonchev–Trinajstić information content (AvgIpc) is 2.49. The third-order valence-corrected chi connectivity index (χ3v) is 1.55. The van der Waals surface area contributed by atoms with Gasteiger partial charge in [0.1, 0.15) is 6.04 Å². The Hall–Kier alpha value is -1.59. The summed E-state index contributed by atoms with van der Waals surface area (Å²) in [5.74, 6) is 0.186. The third-order valence-electron chi connectivity index (χ3n) is 1.55. The number of anilines is 1. The van der Waals surface area contributed by atoms with Crippen LogP contribution in [0.1, 0.15) is 13.0 Å². The molecule has 1 unspecified atom stereocenters. The van der Waals surface area contributed by atoms with Crippen molar-refractivity contribution in [1.29, 1.82) is 0 Å². The quantitative estimate of drug-likeness (QED) is 0.605. The molecule has 1 amide bonds. The molecule has 0 aliphatic heterocycles. The summed E-state index contributed by atoms with van der Waals surface area (Å²) in [5, 5.41) is 9.73. The van der Waals surface area contributed by atoms with E-state index in [9.17, 15) is 4.79 Å². The highest BCUT2D eigenvalue weighted by atomic mass is 16.2. The molecular formula is C6H11N5O. The second kappa shape index (κ2) is 3.21. The van der Waals surface area contributed by atoms with E-state index >= 15 is 0 Å². The van der Waals surface area contributed by atoms with Crippen molar-refractivity contribution in [2.24, 2.45) is 0 Å². The molecule has 6 heteroatoms. The van der Waals surface area contributed by atoms with E-state index in [0.717, 1.165) is 0 Å². The van der Waals surface area contributed by atoms with Gasteiger partial charge in [-0.2, -0.15) is 0 Å². The number of carbonyl (C=O) groups is 1. The number of aromatic nitrogens is 3. The lowest BCUT2D eigenvalue weighted by atomic mass is 10.3. The highest BCUT2D eigenvalue weighted by Crippen LogP contribution is 2.04. The summed E-state index contributed by atoms with van der Waals surface area (Å²) < 4.78 is 1.41. The maximum absolute atomic E-state index is 11.1. The number of carbonyl (C=O) groups excluding carboxylic acids is 1. The van der Waals surface area contributed by atoms with E-state index in [1.165, 1.54) is 10.9 Å². The van der Waals surface area contributed by atoms with Crippen molar-refractivity contribution in [3.63, 3.8) is 0 Å². The lowest BCUT2D eigenvalue weighted by molar-refractivity contribution is -0.123. The predicted octanol–water partition coefficient (Wildman–Crippen LogP) is -0.833. The Morgan fingerprint density at radius 3 is 2.92 bits per heavy atom. The molecule has 6 nitrogen and oxygen atoms in total. The maximum atomic E-state index is 11.1. The summed E-state index contributed by atoms with van der Waals surface area (Å²) in [6.45, 7) is 1.72. The minimum Gasteiger partial charge on any atom is -0.381 e. The van der Waals surface area contributed by atoms with Crippen molar-refractivity contribution in [2.75, 3.05) is 12.8 Å². The first-order valence-electron chi connectivity index (χ1n) is 3.54. The first-order chi connectivity index (χ1) is 5.65. The van der Waals surface area contributed by atoms with E-state index in [0.29, 0.717) is 5.82 Å². The Morgan fingerprint density at radius 2 is 2.50 bits per heavy atom. The standard InChI is InChI=1S/C6H11N5O/c1-4(6(12)8-2)11-3-5(7)9-10-11/h3-4H,7H2,1-2H3,(H,8,12). The zero-order chi connectivity index (χ0) is 9.14. The van der Waals surface area contributed by atoms with E-state index in [-0.39, 0.29) is 11.9 Å². The molecule has 12 heavy (non-hydrogen) atoms. The van der Waals surface area contributed by atoms with Gasteiger partial charge in [0.15, 0.2) is 5.82 Å². The summed E-state index contributed by atoms with van der Waals surface area (Å²) in [6.07, 6.45) is 1.51. The number of likely N-dealkylation sites (N-methyl/N-ethyl adjacent to an activating group) is 1. The summed E-state index contributed by atoms with van der Waals surface area (Å²) >= 11 is 0. The highest BCUT2D eigenvalue weighted by Gasteiger charge is 2.13. The van der Waals surface area contributed by atoms with Gasteiger partial charge in [0.2, 0.25) is 5.91 Å². The van der Waals surface area contributed by atoms with Crippen LogP contribution in [0.15, 0.2) is 6.20 Å². The van der Waals surface area contributed by atoms with Crippen molar-refractivity contribution in [2.45, 2.75) is 13.0 Å². The SMILES string of the molecule is CNC(=O)C(C)n1cc(N)nn1. The number of hydrogen-bond donors (Lipinski definition) is 2. The second-order valence-electron chi connectivity index (χ2n) is 2.41. The number of nitrogen functional groups attached to an aromatic ring is 1. The van der Waals surface area contributed by atoms with Crippen LogP contribution in [0.5, 0.6) is 0 Å². The molecule has 1 rings (SSSR count). The molecule has 0 aliphatic rings. The zero-order valence-electron chi connectivity index (χ0n) is 6.98. The van der Waals surface area contributed by atoms with Gasteiger partial charge in [-0.15, -0.1) is 5.10 Å². The van der Waals surface area contributed by atoms with Gasteiger partial charge in [-0.25, -0.2) is 4.68 Å². The summed E-state index contributed by atoms with van der Waals surface area (Å²) in [5.41, 5.74) is 5.33. The van der Waals surface area contributed by atoms with Crippen LogP contribution in [0, 0.1) is 0 Å². The Bertz CT molecular complexity index is 281. The van der Waals surface area contributed by atoms with Crippen molar-refractivity contribution in [3.05, 3.63) is 6.20 Å². The van der Waals surface area contributed by atoms with Gasteiger partial charge in [-0.1, -0.05) is 5.21 Å². The fraction of sp³-hybridized carbons (Fsp3) is 0.500. The van der Waals surface area contributed by atoms with Crippen LogP contribution in [0.25, 0.3) is 0 Å². The molecule has 1 aromatic rings. The Kier molecular flexibility index (Phi) is 2.27. The topological polar surface area (TPSA) is 85.8 Å². The van der Waals surface area contributed by atoms with Crippen molar-refractivity contribution < 1.29 is 4.79 Å². The highest BCUT2D eigenvalue weighted by molar-refractivity contribution is 5.79. The zero-order valence-corrected chi connectivity index (χ0v) is 6.98. The minimum absolute atomic E-state index is 0.125. The normalized spacial score (nSPS) is 12.5. The van der Waals surface area contributed by atoms with Gasteiger partial charge in [0.05, 0.1) is 6.20 Å². The van der Waals surface area contributed by atoms with Crippen LogP contribution >= 0.6 is 0 Å². The molecule has 66 valence electrons.